The topological polar surface area (TPSA) is 43.4 Å². The first-order valence-corrected chi connectivity index (χ1v) is 9.44. The van der Waals surface area contributed by atoms with E-state index in [2.05, 4.69) is 22.6 Å². The van der Waals surface area contributed by atoms with Gasteiger partial charge in [-0.05, 0) is 39.8 Å². The lowest BCUT2D eigenvalue weighted by Crippen LogP contribution is -2.11. The van der Waals surface area contributed by atoms with Gasteiger partial charge in [0.05, 0.1) is 16.3 Å². The minimum atomic E-state index is -0.524. The molecule has 0 N–H and O–H groups in total. The molecule has 0 fully saturated rings. The van der Waals surface area contributed by atoms with E-state index in [1.807, 2.05) is 60.7 Å². The quantitative estimate of drug-likeness (QED) is 0.214. The summed E-state index contributed by atoms with van der Waals surface area (Å²) >= 11 is 2.07. The van der Waals surface area contributed by atoms with Gasteiger partial charge in [-0.2, -0.15) is 0 Å². The van der Waals surface area contributed by atoms with E-state index in [9.17, 15) is 9.59 Å². The van der Waals surface area contributed by atoms with E-state index in [4.69, 9.17) is 4.74 Å². The zero-order chi connectivity index (χ0) is 19.2. The molecule has 0 saturated carbocycles. The molecule has 4 heteroatoms. The molecule has 3 rings (SSSR count). The Morgan fingerprint density at radius 3 is 1.63 bits per heavy atom. The van der Waals surface area contributed by atoms with Gasteiger partial charge in [-0.25, -0.2) is 4.79 Å². The summed E-state index contributed by atoms with van der Waals surface area (Å²) in [6.45, 7) is 0. The van der Waals surface area contributed by atoms with Crippen LogP contribution in [0.1, 0.15) is 31.8 Å². The third-order valence-electron chi connectivity index (χ3n) is 4.12. The lowest BCUT2D eigenvalue weighted by Gasteiger charge is -2.13. The minimum absolute atomic E-state index is 0.209. The van der Waals surface area contributed by atoms with E-state index in [0.717, 1.165) is 16.7 Å². The van der Waals surface area contributed by atoms with Gasteiger partial charge < -0.3 is 4.74 Å². The number of ketones is 1. The average molecular weight is 468 g/mol. The molecule has 0 aromatic heterocycles. The summed E-state index contributed by atoms with van der Waals surface area (Å²) in [6.07, 6.45) is 0. The lowest BCUT2D eigenvalue weighted by molar-refractivity contribution is 0.0597. The standard InChI is InChI=1S/C23H17IO3/c1-27-23(26)19-15-9-8-14-18(19)22(25)21(24)20(16-10-4-2-5-11-16)17-12-6-3-7-13-17/h2-15H,1H3. The molecule has 0 heterocycles. The molecule has 0 amide bonds. The molecule has 0 bridgehead atoms. The molecule has 3 nitrogen and oxygen atoms in total. The van der Waals surface area contributed by atoms with Crippen LogP contribution in [0, 0.1) is 0 Å². The molecule has 0 unspecified atom stereocenters. The molecule has 3 aromatic carbocycles. The highest BCUT2D eigenvalue weighted by molar-refractivity contribution is 14.1. The van der Waals surface area contributed by atoms with Crippen LogP contribution >= 0.6 is 22.6 Å². The fraction of sp³-hybridized carbons (Fsp3) is 0.0435. The van der Waals surface area contributed by atoms with Crippen LogP contribution < -0.4 is 0 Å². The van der Waals surface area contributed by atoms with Crippen molar-refractivity contribution in [2.75, 3.05) is 7.11 Å². The number of halogens is 1. The Bertz CT molecular complexity index is 951. The summed E-state index contributed by atoms with van der Waals surface area (Å²) in [4.78, 5) is 25.4. The monoisotopic (exact) mass is 468 g/mol. The maximum Gasteiger partial charge on any atom is 0.338 e. The van der Waals surface area contributed by atoms with Crippen LogP contribution in [0.4, 0.5) is 0 Å². The van der Waals surface area contributed by atoms with Gasteiger partial charge in [-0.1, -0.05) is 78.9 Å². The van der Waals surface area contributed by atoms with Crippen molar-refractivity contribution in [3.05, 3.63) is 111 Å². The predicted octanol–water partition coefficient (Wildman–Crippen LogP) is 5.55. The highest BCUT2D eigenvalue weighted by Gasteiger charge is 2.22. The largest absolute Gasteiger partial charge is 0.465 e. The van der Waals surface area contributed by atoms with Crippen LogP contribution in [0.25, 0.3) is 5.57 Å². The van der Waals surface area contributed by atoms with Gasteiger partial charge in [0.2, 0.25) is 5.78 Å². The van der Waals surface area contributed by atoms with E-state index >= 15 is 0 Å². The molecule has 27 heavy (non-hydrogen) atoms. The Morgan fingerprint density at radius 1 is 0.704 bits per heavy atom. The van der Waals surface area contributed by atoms with Crippen molar-refractivity contribution in [1.29, 1.82) is 0 Å². The van der Waals surface area contributed by atoms with Gasteiger partial charge in [-0.15, -0.1) is 0 Å². The van der Waals surface area contributed by atoms with Gasteiger partial charge in [0.25, 0.3) is 0 Å². The van der Waals surface area contributed by atoms with E-state index in [1.165, 1.54) is 7.11 Å². The molecule has 0 spiro atoms. The summed E-state index contributed by atoms with van der Waals surface area (Å²) in [5.41, 5.74) is 3.31. The van der Waals surface area contributed by atoms with Crippen molar-refractivity contribution in [1.82, 2.24) is 0 Å². The highest BCUT2D eigenvalue weighted by Crippen LogP contribution is 2.32. The van der Waals surface area contributed by atoms with Gasteiger partial charge >= 0.3 is 5.97 Å². The lowest BCUT2D eigenvalue weighted by atomic mass is 9.94. The number of hydrogen-bond donors (Lipinski definition) is 0. The second-order valence-electron chi connectivity index (χ2n) is 5.79. The van der Waals surface area contributed by atoms with Crippen molar-refractivity contribution in [2.45, 2.75) is 0 Å². The first-order chi connectivity index (χ1) is 13.1. The summed E-state index contributed by atoms with van der Waals surface area (Å²) in [5, 5.41) is 0. The number of carbonyl (C=O) groups excluding carboxylic acids is 2. The first kappa shape index (κ1) is 19.0. The number of allylic oxidation sites excluding steroid dienone is 1. The third-order valence-corrected chi connectivity index (χ3v) is 5.15. The SMILES string of the molecule is COC(=O)c1ccccc1C(=O)C(I)=C(c1ccccc1)c1ccccc1. The van der Waals surface area contributed by atoms with Crippen LogP contribution in [0.3, 0.4) is 0 Å². The molecule has 0 saturated heterocycles. The normalized spacial score (nSPS) is 10.1. The predicted molar refractivity (Wildman–Crippen MR) is 115 cm³/mol. The summed E-state index contributed by atoms with van der Waals surface area (Å²) in [6, 6.07) is 26.2. The van der Waals surface area contributed by atoms with Gasteiger partial charge in [0, 0.05) is 11.1 Å². The van der Waals surface area contributed by atoms with Crippen LogP contribution in [-0.4, -0.2) is 18.9 Å². The molecule has 134 valence electrons. The van der Waals surface area contributed by atoms with Crippen molar-refractivity contribution >= 4 is 39.9 Å². The summed E-state index contributed by atoms with van der Waals surface area (Å²) in [5.74, 6) is -0.733. The smallest absolute Gasteiger partial charge is 0.338 e. The molecule has 0 aliphatic carbocycles. The molecule has 3 aromatic rings. The third kappa shape index (κ3) is 4.17. The number of methoxy groups -OCH3 is 1. The summed E-state index contributed by atoms with van der Waals surface area (Å²) < 4.78 is 5.37. The van der Waals surface area contributed by atoms with Crippen LogP contribution in [-0.2, 0) is 4.74 Å². The first-order valence-electron chi connectivity index (χ1n) is 8.36. The molecule has 0 aliphatic rings. The molecule has 0 atom stereocenters. The van der Waals surface area contributed by atoms with E-state index in [-0.39, 0.29) is 11.3 Å². The molecular weight excluding hydrogens is 451 g/mol. The number of ether oxygens (including phenoxy) is 1. The Kier molecular flexibility index (Phi) is 6.19. The van der Waals surface area contributed by atoms with Crippen molar-refractivity contribution in [2.24, 2.45) is 0 Å². The van der Waals surface area contributed by atoms with Crippen LogP contribution in [0.5, 0.6) is 0 Å². The fourth-order valence-electron chi connectivity index (χ4n) is 2.83. The van der Waals surface area contributed by atoms with Gasteiger partial charge in [0.1, 0.15) is 0 Å². The Labute approximate surface area is 171 Å². The maximum absolute atomic E-state index is 13.3. The maximum atomic E-state index is 13.3. The molecule has 0 aliphatic heterocycles. The number of benzene rings is 3. The number of rotatable bonds is 5. The number of esters is 1. The second-order valence-corrected chi connectivity index (χ2v) is 6.87. The zero-order valence-electron chi connectivity index (χ0n) is 14.7. The van der Waals surface area contributed by atoms with Crippen LogP contribution in [0.15, 0.2) is 88.5 Å². The second kappa shape index (κ2) is 8.77. The van der Waals surface area contributed by atoms with Crippen molar-refractivity contribution in [3.63, 3.8) is 0 Å². The Morgan fingerprint density at radius 2 is 1.15 bits per heavy atom. The minimum Gasteiger partial charge on any atom is -0.465 e. The van der Waals surface area contributed by atoms with E-state index in [1.54, 1.807) is 24.3 Å². The fourth-order valence-corrected chi connectivity index (χ4v) is 3.74. The Balaban J connectivity index is 2.19. The average Bonchev–Trinajstić information content (AvgIpc) is 2.74. The van der Waals surface area contributed by atoms with Gasteiger partial charge in [-0.3, -0.25) is 4.79 Å². The van der Waals surface area contributed by atoms with Crippen molar-refractivity contribution in [3.8, 4) is 0 Å². The van der Waals surface area contributed by atoms with Crippen molar-refractivity contribution < 1.29 is 14.3 Å². The molecule has 0 radical (unpaired) electrons. The zero-order valence-corrected chi connectivity index (χ0v) is 16.8. The van der Waals surface area contributed by atoms with E-state index in [0.29, 0.717) is 9.14 Å². The van der Waals surface area contributed by atoms with E-state index < -0.39 is 5.97 Å². The van der Waals surface area contributed by atoms with Gasteiger partial charge in [0.15, 0.2) is 0 Å². The van der Waals surface area contributed by atoms with Crippen LogP contribution in [0.2, 0.25) is 0 Å². The summed E-state index contributed by atoms with van der Waals surface area (Å²) in [7, 11) is 1.31. The number of Topliss-reactive ketones (excluding diaryl/α,β-unsaturated/α-hetero) is 1. The highest BCUT2D eigenvalue weighted by atomic mass is 127. The molecular formula is C23H17IO3. The number of hydrogen-bond acceptors (Lipinski definition) is 3. The Hall–Kier alpha value is -2.73. The number of carbonyl (C=O) groups is 2.